The van der Waals surface area contributed by atoms with Crippen LogP contribution in [0.3, 0.4) is 0 Å². The van der Waals surface area contributed by atoms with Crippen LogP contribution in [0.2, 0.25) is 0 Å². The van der Waals surface area contributed by atoms with Crippen molar-refractivity contribution in [1.29, 1.82) is 0 Å². The van der Waals surface area contributed by atoms with Crippen LogP contribution < -0.4 is 5.32 Å². The Morgan fingerprint density at radius 3 is 2.23 bits per heavy atom. The second-order valence-electron chi connectivity index (χ2n) is 6.47. The number of aliphatic carboxylic acids is 1. The van der Waals surface area contributed by atoms with Crippen LogP contribution in [0.15, 0.2) is 36.4 Å². The lowest BCUT2D eigenvalue weighted by Gasteiger charge is -2.27. The number of rotatable bonds is 4. The Kier molecular flexibility index (Phi) is 5.68. The maximum absolute atomic E-state index is 12.5. The number of hydrogen-bond acceptors (Lipinski definition) is 4. The van der Waals surface area contributed by atoms with E-state index in [9.17, 15) is 19.5 Å². The Balaban J connectivity index is 1.63. The number of nitrogens with one attached hydrogen (secondary N) is 1. The third-order valence-electron chi connectivity index (χ3n) is 4.78. The van der Waals surface area contributed by atoms with Crippen LogP contribution in [0.1, 0.15) is 23.2 Å². The molecule has 26 heavy (non-hydrogen) atoms. The highest BCUT2D eigenvalue weighted by atomic mass is 16.5. The number of hydrogen-bond donors (Lipinski definition) is 2. The monoisotopic (exact) mass is 358 g/mol. The van der Waals surface area contributed by atoms with E-state index < -0.39 is 17.8 Å². The number of ether oxygens (including phenoxy) is 1. The Labute approximate surface area is 151 Å². The van der Waals surface area contributed by atoms with Crippen LogP contribution in [0.5, 0.6) is 0 Å². The molecule has 2 amide bonds. The number of morpholine rings is 1. The molecule has 2 aliphatic rings. The molecular formula is C19H22N2O5. The molecule has 0 radical (unpaired) electrons. The van der Waals surface area contributed by atoms with E-state index in [1.807, 2.05) is 6.08 Å². The topological polar surface area (TPSA) is 95.9 Å². The zero-order valence-electron chi connectivity index (χ0n) is 14.4. The molecule has 1 heterocycles. The molecule has 1 aromatic rings. The minimum atomic E-state index is -0.957. The average molecular weight is 358 g/mol. The van der Waals surface area contributed by atoms with Gasteiger partial charge in [0.1, 0.15) is 0 Å². The summed E-state index contributed by atoms with van der Waals surface area (Å²) >= 11 is 0. The van der Waals surface area contributed by atoms with E-state index in [1.165, 1.54) is 0 Å². The summed E-state index contributed by atoms with van der Waals surface area (Å²) in [7, 11) is 0. The smallest absolute Gasteiger partial charge is 0.307 e. The van der Waals surface area contributed by atoms with E-state index in [-0.39, 0.29) is 11.8 Å². The molecule has 0 bridgehead atoms. The molecule has 7 nitrogen and oxygen atoms in total. The van der Waals surface area contributed by atoms with E-state index in [1.54, 1.807) is 35.2 Å². The van der Waals surface area contributed by atoms with Gasteiger partial charge in [-0.15, -0.1) is 0 Å². The number of carboxylic acid groups (broad SMARTS) is 1. The van der Waals surface area contributed by atoms with Crippen molar-refractivity contribution < 1.29 is 24.2 Å². The summed E-state index contributed by atoms with van der Waals surface area (Å²) < 4.78 is 5.24. The first-order valence-corrected chi connectivity index (χ1v) is 8.72. The van der Waals surface area contributed by atoms with E-state index in [4.69, 9.17) is 4.74 Å². The molecule has 2 N–H and O–H groups in total. The number of carboxylic acids is 1. The highest BCUT2D eigenvalue weighted by molar-refractivity contribution is 5.97. The van der Waals surface area contributed by atoms with Crippen molar-refractivity contribution in [3.63, 3.8) is 0 Å². The lowest BCUT2D eigenvalue weighted by molar-refractivity contribution is -0.146. The third kappa shape index (κ3) is 4.11. The van der Waals surface area contributed by atoms with E-state index in [2.05, 4.69) is 5.32 Å². The molecule has 1 aromatic carbocycles. The Bertz CT molecular complexity index is 707. The summed E-state index contributed by atoms with van der Waals surface area (Å²) in [6.07, 6.45) is 4.42. The molecule has 138 valence electrons. The highest BCUT2D eigenvalue weighted by Gasteiger charge is 2.34. The summed E-state index contributed by atoms with van der Waals surface area (Å²) in [5.74, 6) is -2.63. The summed E-state index contributed by atoms with van der Waals surface area (Å²) in [6, 6.07) is 6.67. The zero-order valence-corrected chi connectivity index (χ0v) is 14.4. The van der Waals surface area contributed by atoms with Gasteiger partial charge in [0.25, 0.3) is 5.91 Å². The van der Waals surface area contributed by atoms with Crippen LogP contribution in [0.4, 0.5) is 5.69 Å². The van der Waals surface area contributed by atoms with Gasteiger partial charge in [0, 0.05) is 24.3 Å². The lowest BCUT2D eigenvalue weighted by Crippen LogP contribution is -2.40. The van der Waals surface area contributed by atoms with E-state index >= 15 is 0 Å². The summed E-state index contributed by atoms with van der Waals surface area (Å²) in [5, 5.41) is 12.0. The van der Waals surface area contributed by atoms with Crippen molar-refractivity contribution in [3.05, 3.63) is 42.0 Å². The average Bonchev–Trinajstić information content (AvgIpc) is 2.68. The maximum atomic E-state index is 12.5. The van der Waals surface area contributed by atoms with E-state index in [0.29, 0.717) is 50.4 Å². The second-order valence-corrected chi connectivity index (χ2v) is 6.47. The van der Waals surface area contributed by atoms with Crippen molar-refractivity contribution >= 4 is 23.5 Å². The molecule has 1 aliphatic carbocycles. The number of anilines is 1. The summed E-state index contributed by atoms with van der Waals surface area (Å²) in [5.41, 5.74) is 1.10. The van der Waals surface area contributed by atoms with Gasteiger partial charge in [-0.2, -0.15) is 0 Å². The number of carbonyl (C=O) groups excluding carboxylic acids is 2. The van der Waals surface area contributed by atoms with Crippen molar-refractivity contribution in [3.8, 4) is 0 Å². The van der Waals surface area contributed by atoms with Gasteiger partial charge in [0.05, 0.1) is 25.0 Å². The number of allylic oxidation sites excluding steroid dienone is 2. The molecule has 1 saturated heterocycles. The van der Waals surface area contributed by atoms with Crippen LogP contribution in [-0.4, -0.2) is 54.1 Å². The van der Waals surface area contributed by atoms with E-state index in [0.717, 1.165) is 0 Å². The Morgan fingerprint density at radius 1 is 1.00 bits per heavy atom. The number of nitrogens with zero attached hydrogens (tertiary/aromatic N) is 1. The molecule has 0 saturated carbocycles. The van der Waals surface area contributed by atoms with Gasteiger partial charge in [-0.1, -0.05) is 12.2 Å². The Morgan fingerprint density at radius 2 is 1.62 bits per heavy atom. The van der Waals surface area contributed by atoms with Gasteiger partial charge in [0.15, 0.2) is 0 Å². The van der Waals surface area contributed by atoms with Crippen LogP contribution in [0.25, 0.3) is 0 Å². The molecule has 0 unspecified atom stereocenters. The van der Waals surface area contributed by atoms with Crippen molar-refractivity contribution in [2.45, 2.75) is 12.8 Å². The summed E-state index contributed by atoms with van der Waals surface area (Å²) in [4.78, 5) is 37.9. The molecule has 0 spiro atoms. The van der Waals surface area contributed by atoms with Crippen molar-refractivity contribution in [1.82, 2.24) is 4.90 Å². The normalized spacial score (nSPS) is 22.7. The van der Waals surface area contributed by atoms with Crippen LogP contribution in [-0.2, 0) is 14.3 Å². The van der Waals surface area contributed by atoms with Gasteiger partial charge in [0.2, 0.25) is 5.91 Å². The van der Waals surface area contributed by atoms with Crippen LogP contribution >= 0.6 is 0 Å². The highest BCUT2D eigenvalue weighted by Crippen LogP contribution is 2.27. The Hall–Kier alpha value is -2.67. The first kappa shape index (κ1) is 18.1. The van der Waals surface area contributed by atoms with Crippen LogP contribution in [0, 0.1) is 11.8 Å². The number of amides is 2. The first-order chi connectivity index (χ1) is 12.6. The minimum absolute atomic E-state index is 0.0606. The quantitative estimate of drug-likeness (QED) is 0.800. The molecular weight excluding hydrogens is 336 g/mol. The molecule has 7 heteroatoms. The number of benzene rings is 1. The van der Waals surface area contributed by atoms with Crippen molar-refractivity contribution in [2.24, 2.45) is 11.8 Å². The van der Waals surface area contributed by atoms with Gasteiger partial charge in [-0.3, -0.25) is 14.4 Å². The molecule has 1 fully saturated rings. The zero-order chi connectivity index (χ0) is 18.5. The van der Waals surface area contributed by atoms with Gasteiger partial charge in [-0.25, -0.2) is 0 Å². The van der Waals surface area contributed by atoms with Gasteiger partial charge >= 0.3 is 5.97 Å². The van der Waals surface area contributed by atoms with Gasteiger partial charge in [-0.05, 0) is 37.1 Å². The molecule has 3 rings (SSSR count). The predicted molar refractivity (Wildman–Crippen MR) is 94.8 cm³/mol. The standard InChI is InChI=1S/C19H22N2O5/c22-17(15-3-1-2-4-16(15)19(24)25)20-14-7-5-13(6-8-14)18(23)21-9-11-26-12-10-21/h1-2,5-8,15-16H,3-4,9-12H2,(H,20,22)(H,24,25)/t15-,16+/m1/s1. The second kappa shape index (κ2) is 8.14. The fourth-order valence-electron chi connectivity index (χ4n) is 3.26. The SMILES string of the molecule is O=C(O)[C@H]1CC=CC[C@H]1C(=O)Nc1ccc(C(=O)N2CCOCC2)cc1. The lowest BCUT2D eigenvalue weighted by atomic mass is 9.82. The third-order valence-corrected chi connectivity index (χ3v) is 4.78. The van der Waals surface area contributed by atoms with Gasteiger partial charge < -0.3 is 20.1 Å². The molecule has 2 atom stereocenters. The summed E-state index contributed by atoms with van der Waals surface area (Å²) in [6.45, 7) is 2.23. The predicted octanol–water partition coefficient (Wildman–Crippen LogP) is 1.76. The maximum Gasteiger partial charge on any atom is 0.307 e. The largest absolute Gasteiger partial charge is 0.481 e. The number of carbonyl (C=O) groups is 3. The fourth-order valence-corrected chi connectivity index (χ4v) is 3.26. The minimum Gasteiger partial charge on any atom is -0.481 e. The fraction of sp³-hybridized carbons (Fsp3) is 0.421. The molecule has 1 aliphatic heterocycles. The molecule has 0 aromatic heterocycles. The first-order valence-electron chi connectivity index (χ1n) is 8.72. The van der Waals surface area contributed by atoms with Crippen molar-refractivity contribution in [2.75, 3.05) is 31.6 Å².